The molecule has 5 nitrogen and oxygen atoms in total. The van der Waals surface area contributed by atoms with Crippen molar-refractivity contribution in [1.29, 1.82) is 0 Å². The lowest BCUT2D eigenvalue weighted by atomic mass is 10.2. The molecular weight excluding hydrogens is 204 g/mol. The van der Waals surface area contributed by atoms with Crippen molar-refractivity contribution in [3.63, 3.8) is 0 Å². The number of imidazole rings is 1. The smallest absolute Gasteiger partial charge is 0.291 e. The molecule has 0 atom stereocenters. The van der Waals surface area contributed by atoms with Crippen LogP contribution < -0.4 is 11.1 Å². The molecule has 0 aliphatic heterocycles. The lowest BCUT2D eigenvalue weighted by Gasteiger charge is -2.07. The fourth-order valence-corrected chi connectivity index (χ4v) is 1.37. The van der Waals surface area contributed by atoms with Crippen LogP contribution in [0.25, 0.3) is 0 Å². The average molecular weight is 216 g/mol. The van der Waals surface area contributed by atoms with Gasteiger partial charge < -0.3 is 15.6 Å². The number of amides is 1. The van der Waals surface area contributed by atoms with Gasteiger partial charge in [0.2, 0.25) is 0 Å². The maximum absolute atomic E-state index is 11.8. The molecule has 2 rings (SSSR count). The Morgan fingerprint density at radius 3 is 2.81 bits per heavy atom. The first-order valence-corrected chi connectivity index (χ1v) is 4.81. The second-order valence-electron chi connectivity index (χ2n) is 3.40. The normalized spacial score (nSPS) is 10.1. The van der Waals surface area contributed by atoms with E-state index < -0.39 is 0 Å². The Hall–Kier alpha value is -2.30. The number of hydrogen-bond acceptors (Lipinski definition) is 3. The van der Waals surface area contributed by atoms with Crippen molar-refractivity contribution in [2.75, 3.05) is 11.1 Å². The number of benzene rings is 1. The number of nitrogens with one attached hydrogen (secondary N) is 1. The maximum atomic E-state index is 11.8. The lowest BCUT2D eigenvalue weighted by Crippen LogP contribution is -2.17. The van der Waals surface area contributed by atoms with E-state index in [4.69, 9.17) is 5.73 Å². The van der Waals surface area contributed by atoms with E-state index in [1.807, 2.05) is 12.1 Å². The summed E-state index contributed by atoms with van der Waals surface area (Å²) in [5.74, 6) is 0.0775. The largest absolute Gasteiger partial charge is 0.397 e. The number of nitrogens with zero attached hydrogens (tertiary/aromatic N) is 2. The molecule has 2 aromatic rings. The number of para-hydroxylation sites is 2. The highest BCUT2D eigenvalue weighted by Gasteiger charge is 2.11. The van der Waals surface area contributed by atoms with Crippen molar-refractivity contribution < 1.29 is 4.79 Å². The van der Waals surface area contributed by atoms with Gasteiger partial charge in [0.15, 0.2) is 5.82 Å². The van der Waals surface area contributed by atoms with Crippen LogP contribution in [-0.4, -0.2) is 15.5 Å². The molecule has 5 heteroatoms. The van der Waals surface area contributed by atoms with E-state index >= 15 is 0 Å². The van der Waals surface area contributed by atoms with E-state index in [1.54, 1.807) is 36.1 Å². The van der Waals surface area contributed by atoms with Gasteiger partial charge in [0.05, 0.1) is 11.4 Å². The topological polar surface area (TPSA) is 72.9 Å². The van der Waals surface area contributed by atoms with E-state index in [0.717, 1.165) is 0 Å². The summed E-state index contributed by atoms with van der Waals surface area (Å²) < 4.78 is 1.65. The van der Waals surface area contributed by atoms with E-state index in [0.29, 0.717) is 17.2 Å². The highest BCUT2D eigenvalue weighted by Crippen LogP contribution is 2.17. The standard InChI is InChI=1S/C11H12N4O/c1-15-7-6-13-10(15)11(16)14-9-5-3-2-4-8(9)12/h2-7H,12H2,1H3,(H,14,16). The molecule has 0 saturated carbocycles. The van der Waals surface area contributed by atoms with E-state index in [1.165, 1.54) is 0 Å². The van der Waals surface area contributed by atoms with Gasteiger partial charge in [-0.15, -0.1) is 0 Å². The summed E-state index contributed by atoms with van der Waals surface area (Å²) in [6, 6.07) is 7.10. The number of nitrogens with two attached hydrogens (primary N) is 1. The molecule has 16 heavy (non-hydrogen) atoms. The molecule has 1 aromatic carbocycles. The zero-order valence-corrected chi connectivity index (χ0v) is 8.84. The van der Waals surface area contributed by atoms with Crippen LogP contribution in [0.2, 0.25) is 0 Å². The Labute approximate surface area is 92.9 Å². The predicted octanol–water partition coefficient (Wildman–Crippen LogP) is 1.25. The van der Waals surface area contributed by atoms with Crippen LogP contribution in [0.3, 0.4) is 0 Å². The second kappa shape index (κ2) is 4.06. The van der Waals surface area contributed by atoms with Crippen LogP contribution in [0.4, 0.5) is 11.4 Å². The summed E-state index contributed by atoms with van der Waals surface area (Å²) in [7, 11) is 1.76. The summed E-state index contributed by atoms with van der Waals surface area (Å²) in [4.78, 5) is 15.7. The number of nitrogen functional groups attached to an aromatic ring is 1. The van der Waals surface area contributed by atoms with Gasteiger partial charge in [-0.05, 0) is 12.1 Å². The van der Waals surface area contributed by atoms with Crippen molar-refractivity contribution in [3.05, 3.63) is 42.5 Å². The molecule has 3 N–H and O–H groups in total. The van der Waals surface area contributed by atoms with Crippen molar-refractivity contribution >= 4 is 17.3 Å². The Morgan fingerprint density at radius 2 is 2.19 bits per heavy atom. The summed E-state index contributed by atoms with van der Waals surface area (Å²) in [6.07, 6.45) is 3.28. The molecule has 0 unspecified atom stereocenters. The molecule has 0 bridgehead atoms. The Morgan fingerprint density at radius 1 is 1.44 bits per heavy atom. The molecule has 1 amide bonds. The average Bonchev–Trinajstić information content (AvgIpc) is 2.68. The van der Waals surface area contributed by atoms with Crippen molar-refractivity contribution in [2.45, 2.75) is 0 Å². The second-order valence-corrected chi connectivity index (χ2v) is 3.40. The molecule has 0 spiro atoms. The maximum Gasteiger partial charge on any atom is 0.291 e. The first kappa shape index (κ1) is 10.2. The third kappa shape index (κ3) is 1.88. The molecular formula is C11H12N4O. The van der Waals surface area contributed by atoms with Gasteiger partial charge in [-0.1, -0.05) is 12.1 Å². The van der Waals surface area contributed by atoms with Gasteiger partial charge in [-0.3, -0.25) is 4.79 Å². The van der Waals surface area contributed by atoms with Crippen LogP contribution in [-0.2, 0) is 7.05 Å². The molecule has 1 aromatic heterocycles. The van der Waals surface area contributed by atoms with Gasteiger partial charge in [0, 0.05) is 19.4 Å². The van der Waals surface area contributed by atoms with Crippen LogP contribution in [0.5, 0.6) is 0 Å². The Kier molecular flexibility index (Phi) is 2.59. The van der Waals surface area contributed by atoms with Crippen molar-refractivity contribution in [1.82, 2.24) is 9.55 Å². The zero-order chi connectivity index (χ0) is 11.5. The van der Waals surface area contributed by atoms with Gasteiger partial charge in [0.25, 0.3) is 5.91 Å². The van der Waals surface area contributed by atoms with Crippen molar-refractivity contribution in [2.24, 2.45) is 7.05 Å². The van der Waals surface area contributed by atoms with Crippen LogP contribution in [0.15, 0.2) is 36.7 Å². The SMILES string of the molecule is Cn1ccnc1C(=O)Nc1ccccc1N. The number of rotatable bonds is 2. The third-order valence-corrected chi connectivity index (χ3v) is 2.23. The summed E-state index contributed by atoms with van der Waals surface area (Å²) in [5.41, 5.74) is 6.84. The molecule has 0 aliphatic rings. The first-order valence-electron chi connectivity index (χ1n) is 4.81. The first-order chi connectivity index (χ1) is 7.68. The number of aryl methyl sites for hydroxylation is 1. The molecule has 0 radical (unpaired) electrons. The highest BCUT2D eigenvalue weighted by atomic mass is 16.2. The summed E-state index contributed by atoms with van der Waals surface area (Å²) in [6.45, 7) is 0. The zero-order valence-electron chi connectivity index (χ0n) is 8.84. The minimum Gasteiger partial charge on any atom is -0.397 e. The van der Waals surface area contributed by atoms with E-state index in [-0.39, 0.29) is 5.91 Å². The van der Waals surface area contributed by atoms with Crippen LogP contribution >= 0.6 is 0 Å². The third-order valence-electron chi connectivity index (χ3n) is 2.23. The monoisotopic (exact) mass is 216 g/mol. The van der Waals surface area contributed by atoms with Crippen LogP contribution in [0.1, 0.15) is 10.6 Å². The number of carbonyl (C=O) groups excluding carboxylic acids is 1. The van der Waals surface area contributed by atoms with Gasteiger partial charge >= 0.3 is 0 Å². The Bertz CT molecular complexity index is 518. The lowest BCUT2D eigenvalue weighted by molar-refractivity contribution is 0.101. The predicted molar refractivity (Wildman–Crippen MR) is 62.0 cm³/mol. The minimum absolute atomic E-state index is 0.273. The number of hydrogen-bond donors (Lipinski definition) is 2. The number of carbonyl (C=O) groups is 1. The fourth-order valence-electron chi connectivity index (χ4n) is 1.37. The molecule has 1 heterocycles. The van der Waals surface area contributed by atoms with Gasteiger partial charge in [-0.25, -0.2) is 4.98 Å². The molecule has 0 fully saturated rings. The van der Waals surface area contributed by atoms with Gasteiger partial charge in [-0.2, -0.15) is 0 Å². The number of aromatic nitrogens is 2. The fraction of sp³-hybridized carbons (Fsp3) is 0.0909. The molecule has 0 aliphatic carbocycles. The summed E-state index contributed by atoms with van der Waals surface area (Å²) >= 11 is 0. The quantitative estimate of drug-likeness (QED) is 0.742. The van der Waals surface area contributed by atoms with E-state index in [9.17, 15) is 4.79 Å². The Balaban J connectivity index is 2.21. The van der Waals surface area contributed by atoms with Crippen LogP contribution in [0, 0.1) is 0 Å². The minimum atomic E-state index is -0.273. The van der Waals surface area contributed by atoms with Crippen molar-refractivity contribution in [3.8, 4) is 0 Å². The van der Waals surface area contributed by atoms with E-state index in [2.05, 4.69) is 10.3 Å². The molecule has 82 valence electrons. The van der Waals surface area contributed by atoms with Gasteiger partial charge in [0.1, 0.15) is 0 Å². The highest BCUT2D eigenvalue weighted by molar-refractivity contribution is 6.03. The molecule has 0 saturated heterocycles. The number of anilines is 2. The summed E-state index contributed by atoms with van der Waals surface area (Å²) in [5, 5.41) is 2.71.